The molecular formula is C15H12O2S. The molecule has 1 aliphatic carbocycles. The number of hydrogen-bond acceptors (Lipinski definition) is 3. The van der Waals surface area contributed by atoms with Crippen molar-refractivity contribution in [2.24, 2.45) is 0 Å². The molecule has 90 valence electrons. The Morgan fingerprint density at radius 1 is 1.28 bits per heavy atom. The van der Waals surface area contributed by atoms with E-state index in [0.717, 1.165) is 4.88 Å². The average Bonchev–Trinajstić information content (AvgIpc) is 2.93. The standard InChI is InChI=1S/C15H12O2S/c1-3-4-7-12-10(2)14(16)13(15(12)17)9-11-6-5-8-18-11/h3-9H,1H2,2H3/b7-4-,13-9+. The number of ketones is 2. The Balaban J connectivity index is 2.40. The van der Waals surface area contributed by atoms with Crippen molar-refractivity contribution < 1.29 is 9.59 Å². The molecule has 0 aromatic carbocycles. The minimum absolute atomic E-state index is 0.183. The Bertz CT molecular complexity index is 598. The van der Waals surface area contributed by atoms with Gasteiger partial charge in [0.2, 0.25) is 0 Å². The lowest BCUT2D eigenvalue weighted by Crippen LogP contribution is -2.03. The summed E-state index contributed by atoms with van der Waals surface area (Å²) in [5.41, 5.74) is 1.21. The highest BCUT2D eigenvalue weighted by Crippen LogP contribution is 2.27. The molecule has 0 spiro atoms. The van der Waals surface area contributed by atoms with Gasteiger partial charge in [0.05, 0.1) is 5.57 Å². The number of carbonyl (C=O) groups is 2. The molecule has 0 N–H and O–H groups in total. The fraction of sp³-hybridized carbons (Fsp3) is 0.0667. The first-order chi connectivity index (χ1) is 8.65. The molecule has 0 amide bonds. The maximum absolute atomic E-state index is 12.1. The number of hydrogen-bond donors (Lipinski definition) is 0. The predicted octanol–water partition coefficient (Wildman–Crippen LogP) is 3.34. The van der Waals surface area contributed by atoms with Gasteiger partial charge in [-0.15, -0.1) is 11.3 Å². The topological polar surface area (TPSA) is 34.1 Å². The maximum atomic E-state index is 12.1. The number of thiophene rings is 1. The van der Waals surface area contributed by atoms with Crippen LogP contribution in [-0.2, 0) is 9.59 Å². The molecule has 0 unspecified atom stereocenters. The first kappa shape index (κ1) is 12.5. The lowest BCUT2D eigenvalue weighted by Gasteiger charge is -1.93. The van der Waals surface area contributed by atoms with E-state index in [1.165, 1.54) is 11.3 Å². The van der Waals surface area contributed by atoms with E-state index in [1.807, 2.05) is 17.5 Å². The highest BCUT2D eigenvalue weighted by atomic mass is 32.1. The highest BCUT2D eigenvalue weighted by Gasteiger charge is 2.31. The molecule has 1 aromatic rings. The minimum Gasteiger partial charge on any atom is -0.289 e. The van der Waals surface area contributed by atoms with Crippen molar-refractivity contribution in [3.63, 3.8) is 0 Å². The molecule has 3 heteroatoms. The van der Waals surface area contributed by atoms with E-state index in [4.69, 9.17) is 0 Å². The molecule has 0 aliphatic heterocycles. The third-order valence-corrected chi connectivity index (χ3v) is 3.53. The molecule has 0 bridgehead atoms. The van der Waals surface area contributed by atoms with Gasteiger partial charge in [0.15, 0.2) is 11.6 Å². The van der Waals surface area contributed by atoms with Crippen LogP contribution >= 0.6 is 11.3 Å². The molecule has 2 nitrogen and oxygen atoms in total. The summed E-state index contributed by atoms with van der Waals surface area (Å²) in [4.78, 5) is 25.1. The van der Waals surface area contributed by atoms with E-state index in [0.29, 0.717) is 11.1 Å². The Morgan fingerprint density at radius 3 is 2.67 bits per heavy atom. The normalized spacial score (nSPS) is 18.4. The third-order valence-electron chi connectivity index (χ3n) is 2.71. The van der Waals surface area contributed by atoms with Crippen molar-refractivity contribution in [2.45, 2.75) is 6.92 Å². The van der Waals surface area contributed by atoms with E-state index < -0.39 is 0 Å². The van der Waals surface area contributed by atoms with Crippen molar-refractivity contribution in [1.82, 2.24) is 0 Å². The Labute approximate surface area is 110 Å². The summed E-state index contributed by atoms with van der Waals surface area (Å²) in [5, 5.41) is 1.91. The highest BCUT2D eigenvalue weighted by molar-refractivity contribution is 7.10. The van der Waals surface area contributed by atoms with E-state index in [1.54, 1.807) is 31.2 Å². The van der Waals surface area contributed by atoms with Crippen LogP contribution in [0.5, 0.6) is 0 Å². The van der Waals surface area contributed by atoms with Gasteiger partial charge < -0.3 is 0 Å². The van der Waals surface area contributed by atoms with Gasteiger partial charge in [0, 0.05) is 16.0 Å². The summed E-state index contributed by atoms with van der Waals surface area (Å²) in [6.45, 7) is 5.23. The van der Waals surface area contributed by atoms with Crippen LogP contribution in [0, 0.1) is 0 Å². The van der Waals surface area contributed by atoms with Crippen LogP contribution in [0.1, 0.15) is 11.8 Å². The molecule has 1 aliphatic rings. The summed E-state index contributed by atoms with van der Waals surface area (Å²) in [6, 6.07) is 3.77. The quantitative estimate of drug-likeness (QED) is 0.472. The average molecular weight is 256 g/mol. The molecule has 0 saturated heterocycles. The fourth-order valence-corrected chi connectivity index (χ4v) is 2.41. The zero-order valence-electron chi connectivity index (χ0n) is 9.97. The van der Waals surface area contributed by atoms with Gasteiger partial charge in [-0.05, 0) is 24.4 Å². The first-order valence-electron chi connectivity index (χ1n) is 5.49. The van der Waals surface area contributed by atoms with Crippen LogP contribution in [0.15, 0.2) is 59.0 Å². The van der Waals surface area contributed by atoms with Gasteiger partial charge >= 0.3 is 0 Å². The van der Waals surface area contributed by atoms with Crippen LogP contribution in [-0.4, -0.2) is 11.6 Å². The van der Waals surface area contributed by atoms with Gasteiger partial charge in [-0.1, -0.05) is 30.9 Å². The summed E-state index contributed by atoms with van der Waals surface area (Å²) in [5.74, 6) is -0.388. The molecule has 0 atom stereocenters. The van der Waals surface area contributed by atoms with Crippen LogP contribution < -0.4 is 0 Å². The van der Waals surface area contributed by atoms with E-state index >= 15 is 0 Å². The molecule has 2 rings (SSSR count). The van der Waals surface area contributed by atoms with Crippen LogP contribution in [0.25, 0.3) is 6.08 Å². The maximum Gasteiger partial charge on any atom is 0.197 e. The summed E-state index contributed by atoms with van der Waals surface area (Å²) >= 11 is 1.50. The lowest BCUT2D eigenvalue weighted by atomic mass is 10.1. The number of allylic oxidation sites excluding steroid dienone is 6. The van der Waals surface area contributed by atoms with E-state index in [9.17, 15) is 9.59 Å². The molecule has 0 saturated carbocycles. The largest absolute Gasteiger partial charge is 0.289 e. The van der Waals surface area contributed by atoms with Gasteiger partial charge in [-0.2, -0.15) is 0 Å². The van der Waals surface area contributed by atoms with Crippen molar-refractivity contribution in [2.75, 3.05) is 0 Å². The number of Topliss-reactive ketones (excluding diaryl/α,β-unsaturated/α-hetero) is 2. The number of carbonyl (C=O) groups excluding carboxylic acids is 2. The van der Waals surface area contributed by atoms with E-state index in [-0.39, 0.29) is 17.1 Å². The van der Waals surface area contributed by atoms with Crippen molar-refractivity contribution in [3.05, 3.63) is 63.9 Å². The first-order valence-corrected chi connectivity index (χ1v) is 6.37. The third kappa shape index (κ3) is 2.17. The second kappa shape index (κ2) is 5.10. The number of rotatable bonds is 3. The smallest absolute Gasteiger partial charge is 0.197 e. The van der Waals surface area contributed by atoms with Crippen molar-refractivity contribution in [1.29, 1.82) is 0 Å². The second-order valence-electron chi connectivity index (χ2n) is 3.87. The molecular weight excluding hydrogens is 244 g/mol. The molecule has 0 radical (unpaired) electrons. The Morgan fingerprint density at radius 2 is 2.06 bits per heavy atom. The zero-order valence-corrected chi connectivity index (χ0v) is 10.8. The van der Waals surface area contributed by atoms with Crippen LogP contribution in [0.3, 0.4) is 0 Å². The molecule has 18 heavy (non-hydrogen) atoms. The Kier molecular flexibility index (Phi) is 3.53. The fourth-order valence-electron chi connectivity index (χ4n) is 1.75. The van der Waals surface area contributed by atoms with E-state index in [2.05, 4.69) is 6.58 Å². The van der Waals surface area contributed by atoms with Gasteiger partial charge in [0.1, 0.15) is 0 Å². The van der Waals surface area contributed by atoms with Gasteiger partial charge in [-0.25, -0.2) is 0 Å². The Hall–Kier alpha value is -2.00. The summed E-state index contributed by atoms with van der Waals surface area (Å²) in [6.07, 6.45) is 6.54. The lowest BCUT2D eigenvalue weighted by molar-refractivity contribution is -0.115. The minimum atomic E-state index is -0.205. The van der Waals surface area contributed by atoms with Crippen molar-refractivity contribution >= 4 is 29.0 Å². The summed E-state index contributed by atoms with van der Waals surface area (Å²) < 4.78 is 0. The molecule has 0 fully saturated rings. The van der Waals surface area contributed by atoms with Crippen molar-refractivity contribution in [3.8, 4) is 0 Å². The molecule has 1 aromatic heterocycles. The van der Waals surface area contributed by atoms with Gasteiger partial charge in [-0.3, -0.25) is 9.59 Å². The zero-order chi connectivity index (χ0) is 13.1. The second-order valence-corrected chi connectivity index (χ2v) is 4.84. The molecule has 1 heterocycles. The van der Waals surface area contributed by atoms with Gasteiger partial charge in [0.25, 0.3) is 0 Å². The summed E-state index contributed by atoms with van der Waals surface area (Å²) in [7, 11) is 0. The SMILES string of the molecule is C=C/C=C\C1=C(C)C(=O)/C(=C\c2cccs2)C1=O. The van der Waals surface area contributed by atoms with Crippen LogP contribution in [0.4, 0.5) is 0 Å². The predicted molar refractivity (Wildman–Crippen MR) is 74.3 cm³/mol. The van der Waals surface area contributed by atoms with Crippen LogP contribution in [0.2, 0.25) is 0 Å². The monoisotopic (exact) mass is 256 g/mol.